The third-order valence-corrected chi connectivity index (χ3v) is 5.41. The van der Waals surface area contributed by atoms with Gasteiger partial charge in [-0.2, -0.15) is 0 Å². The molecule has 0 saturated heterocycles. The van der Waals surface area contributed by atoms with E-state index in [1.165, 1.54) is 32.1 Å². The van der Waals surface area contributed by atoms with Crippen molar-refractivity contribution in [2.24, 2.45) is 5.92 Å². The number of halogens is 2. The average molecular weight is 328 g/mol. The van der Waals surface area contributed by atoms with Crippen LogP contribution < -0.4 is 10.1 Å². The number of rotatable bonds is 3. The van der Waals surface area contributed by atoms with Crippen molar-refractivity contribution in [2.45, 2.75) is 57.5 Å². The summed E-state index contributed by atoms with van der Waals surface area (Å²) in [4.78, 5) is 0. The summed E-state index contributed by atoms with van der Waals surface area (Å²) in [6.07, 6.45) is 7.57. The Morgan fingerprint density at radius 3 is 2.81 bits per heavy atom. The minimum atomic E-state index is 0.307. The van der Waals surface area contributed by atoms with Crippen molar-refractivity contribution < 1.29 is 4.74 Å². The summed E-state index contributed by atoms with van der Waals surface area (Å²) < 4.78 is 5.75. The van der Waals surface area contributed by atoms with Gasteiger partial charge in [-0.3, -0.25) is 0 Å². The van der Waals surface area contributed by atoms with Crippen LogP contribution in [0.1, 0.15) is 57.1 Å². The fraction of sp³-hybridized carbons (Fsp3) is 0.647. The van der Waals surface area contributed by atoms with Crippen molar-refractivity contribution >= 4 is 23.2 Å². The van der Waals surface area contributed by atoms with Gasteiger partial charge in [0.15, 0.2) is 0 Å². The van der Waals surface area contributed by atoms with Crippen molar-refractivity contribution in [3.05, 3.63) is 27.7 Å². The van der Waals surface area contributed by atoms with Gasteiger partial charge in [-0.15, -0.1) is 0 Å². The summed E-state index contributed by atoms with van der Waals surface area (Å²) >= 11 is 12.5. The van der Waals surface area contributed by atoms with E-state index in [9.17, 15) is 0 Å². The highest BCUT2D eigenvalue weighted by atomic mass is 35.5. The van der Waals surface area contributed by atoms with E-state index in [-0.39, 0.29) is 0 Å². The molecule has 2 nitrogen and oxygen atoms in total. The first-order valence-corrected chi connectivity index (χ1v) is 8.82. The Labute approximate surface area is 137 Å². The largest absolute Gasteiger partial charge is 0.492 e. The summed E-state index contributed by atoms with van der Waals surface area (Å²) in [5, 5.41) is 5.18. The second kappa shape index (κ2) is 6.76. The number of hydrogen-bond acceptors (Lipinski definition) is 2. The molecule has 1 fully saturated rings. The van der Waals surface area contributed by atoms with E-state index < -0.39 is 0 Å². The second-order valence-electron chi connectivity index (χ2n) is 6.22. The Balaban J connectivity index is 1.81. The van der Waals surface area contributed by atoms with Gasteiger partial charge in [-0.25, -0.2) is 0 Å². The molecule has 1 saturated carbocycles. The molecular weight excluding hydrogens is 305 g/mol. The van der Waals surface area contributed by atoms with E-state index in [2.05, 4.69) is 12.2 Å². The SMILES string of the molecule is CCC1CCCCC1NC1CCOc2c(Cl)cc(Cl)cc21. The minimum absolute atomic E-state index is 0.307. The molecule has 0 radical (unpaired) electrons. The first-order valence-electron chi connectivity index (χ1n) is 8.06. The van der Waals surface area contributed by atoms with Gasteiger partial charge in [0.25, 0.3) is 0 Å². The maximum atomic E-state index is 6.27. The van der Waals surface area contributed by atoms with Crippen LogP contribution >= 0.6 is 23.2 Å². The Morgan fingerprint density at radius 2 is 2.00 bits per heavy atom. The highest BCUT2D eigenvalue weighted by Gasteiger charge is 2.30. The van der Waals surface area contributed by atoms with Crippen LogP contribution in [0, 0.1) is 5.92 Å². The first-order chi connectivity index (χ1) is 10.2. The topological polar surface area (TPSA) is 21.3 Å². The van der Waals surface area contributed by atoms with Gasteiger partial charge in [0, 0.05) is 29.1 Å². The molecule has 3 atom stereocenters. The van der Waals surface area contributed by atoms with Crippen molar-refractivity contribution in [3.8, 4) is 5.75 Å². The number of ether oxygens (including phenoxy) is 1. The number of benzene rings is 1. The van der Waals surface area contributed by atoms with Gasteiger partial charge in [0.1, 0.15) is 5.75 Å². The number of hydrogen-bond donors (Lipinski definition) is 1. The number of nitrogens with one attached hydrogen (secondary N) is 1. The molecule has 1 aromatic rings. The molecule has 1 N–H and O–H groups in total. The highest BCUT2D eigenvalue weighted by Crippen LogP contribution is 2.41. The molecule has 0 aromatic heterocycles. The Kier molecular flexibility index (Phi) is 4.98. The monoisotopic (exact) mass is 327 g/mol. The zero-order chi connectivity index (χ0) is 14.8. The van der Waals surface area contributed by atoms with E-state index in [0.29, 0.717) is 22.1 Å². The lowest BCUT2D eigenvalue weighted by Crippen LogP contribution is -2.41. The third-order valence-electron chi connectivity index (χ3n) is 4.91. The van der Waals surface area contributed by atoms with Gasteiger partial charge < -0.3 is 10.1 Å². The zero-order valence-electron chi connectivity index (χ0n) is 12.5. The lowest BCUT2D eigenvalue weighted by molar-refractivity contribution is 0.199. The van der Waals surface area contributed by atoms with Crippen LogP contribution in [0.2, 0.25) is 10.0 Å². The third kappa shape index (κ3) is 3.33. The molecule has 1 aliphatic heterocycles. The molecule has 2 aliphatic rings. The second-order valence-corrected chi connectivity index (χ2v) is 7.07. The van der Waals surface area contributed by atoms with E-state index >= 15 is 0 Å². The smallest absolute Gasteiger partial charge is 0.142 e. The maximum Gasteiger partial charge on any atom is 0.142 e. The molecule has 1 aliphatic carbocycles. The highest BCUT2D eigenvalue weighted by molar-refractivity contribution is 6.35. The van der Waals surface area contributed by atoms with E-state index in [0.717, 1.165) is 30.3 Å². The van der Waals surface area contributed by atoms with Crippen molar-refractivity contribution in [1.82, 2.24) is 5.32 Å². The minimum Gasteiger partial charge on any atom is -0.492 e. The predicted octanol–water partition coefficient (Wildman–Crippen LogP) is 5.38. The summed E-state index contributed by atoms with van der Waals surface area (Å²) in [7, 11) is 0. The Bertz CT molecular complexity index is 506. The normalized spacial score (nSPS) is 28.8. The van der Waals surface area contributed by atoms with Gasteiger partial charge in [0.05, 0.1) is 11.6 Å². The maximum absolute atomic E-state index is 6.27. The van der Waals surface area contributed by atoms with E-state index in [1.807, 2.05) is 6.07 Å². The van der Waals surface area contributed by atoms with Crippen molar-refractivity contribution in [1.29, 1.82) is 0 Å². The van der Waals surface area contributed by atoms with Crippen LogP contribution in [0.15, 0.2) is 12.1 Å². The van der Waals surface area contributed by atoms with Gasteiger partial charge in [-0.05, 0) is 30.9 Å². The van der Waals surface area contributed by atoms with Crippen LogP contribution in [-0.4, -0.2) is 12.6 Å². The lowest BCUT2D eigenvalue weighted by atomic mass is 9.82. The average Bonchev–Trinajstić information content (AvgIpc) is 2.48. The van der Waals surface area contributed by atoms with E-state index in [1.54, 1.807) is 6.07 Å². The fourth-order valence-corrected chi connectivity index (χ4v) is 4.34. The van der Waals surface area contributed by atoms with E-state index in [4.69, 9.17) is 27.9 Å². The van der Waals surface area contributed by atoms with Crippen LogP contribution in [-0.2, 0) is 0 Å². The molecule has 3 rings (SSSR count). The Morgan fingerprint density at radius 1 is 1.19 bits per heavy atom. The summed E-state index contributed by atoms with van der Waals surface area (Å²) in [6, 6.07) is 4.68. The molecule has 4 heteroatoms. The summed E-state index contributed by atoms with van der Waals surface area (Å²) in [6.45, 7) is 3.02. The van der Waals surface area contributed by atoms with Crippen LogP contribution in [0.3, 0.4) is 0 Å². The molecular formula is C17H23Cl2NO. The molecule has 1 heterocycles. The zero-order valence-corrected chi connectivity index (χ0v) is 14.0. The summed E-state index contributed by atoms with van der Waals surface area (Å²) in [5.41, 5.74) is 1.12. The Hall–Kier alpha value is -0.440. The quantitative estimate of drug-likeness (QED) is 0.805. The molecule has 21 heavy (non-hydrogen) atoms. The van der Waals surface area contributed by atoms with Crippen molar-refractivity contribution in [2.75, 3.05) is 6.61 Å². The first kappa shape index (κ1) is 15.5. The predicted molar refractivity (Wildman–Crippen MR) is 88.5 cm³/mol. The molecule has 0 amide bonds. The molecule has 3 unspecified atom stereocenters. The molecule has 0 bridgehead atoms. The summed E-state index contributed by atoms with van der Waals surface area (Å²) in [5.74, 6) is 1.60. The van der Waals surface area contributed by atoms with Crippen molar-refractivity contribution in [3.63, 3.8) is 0 Å². The van der Waals surface area contributed by atoms with Crippen LogP contribution in [0.5, 0.6) is 5.75 Å². The number of fused-ring (bicyclic) bond motifs is 1. The molecule has 1 aromatic carbocycles. The lowest BCUT2D eigenvalue weighted by Gasteiger charge is -2.37. The standard InChI is InChI=1S/C17H23Cl2NO/c1-2-11-5-3-4-6-15(11)20-16-7-8-21-17-13(16)9-12(18)10-14(17)19/h9-11,15-16,20H,2-8H2,1H3. The van der Waals surface area contributed by atoms with Gasteiger partial charge in [0.2, 0.25) is 0 Å². The van der Waals surface area contributed by atoms with Gasteiger partial charge in [-0.1, -0.05) is 49.4 Å². The molecule has 0 spiro atoms. The van der Waals surface area contributed by atoms with Gasteiger partial charge >= 0.3 is 0 Å². The fourth-order valence-electron chi connectivity index (χ4n) is 3.77. The van der Waals surface area contributed by atoms with Crippen LogP contribution in [0.4, 0.5) is 0 Å². The van der Waals surface area contributed by atoms with Crippen LogP contribution in [0.25, 0.3) is 0 Å². The molecule has 116 valence electrons.